The van der Waals surface area contributed by atoms with Crippen LogP contribution in [0.5, 0.6) is 0 Å². The van der Waals surface area contributed by atoms with E-state index >= 15 is 0 Å². The van der Waals surface area contributed by atoms with E-state index in [1.54, 1.807) is 49.6 Å². The highest BCUT2D eigenvalue weighted by Gasteiger charge is 2.28. The summed E-state index contributed by atoms with van der Waals surface area (Å²) in [6.45, 7) is 3.92. The minimum absolute atomic E-state index is 0.112. The Morgan fingerprint density at radius 2 is 2.00 bits per heavy atom. The van der Waals surface area contributed by atoms with E-state index < -0.39 is 5.60 Å². The van der Waals surface area contributed by atoms with E-state index in [4.69, 9.17) is 4.42 Å². The fourth-order valence-electron chi connectivity index (χ4n) is 3.14. The van der Waals surface area contributed by atoms with Crippen molar-refractivity contribution in [3.63, 3.8) is 0 Å². The van der Waals surface area contributed by atoms with Gasteiger partial charge in [-0.05, 0) is 44.0 Å². The maximum Gasteiger partial charge on any atom is 0.269 e. The molecule has 25 heavy (non-hydrogen) atoms. The molecule has 0 spiro atoms. The third-order valence-electron chi connectivity index (χ3n) is 4.71. The van der Waals surface area contributed by atoms with Gasteiger partial charge in [-0.25, -0.2) is 0 Å². The molecule has 0 amide bonds. The number of nitro benzene ring substituents is 1. The molecule has 1 fully saturated rings. The number of piperidine rings is 1. The number of nitrogens with one attached hydrogen (secondary N) is 1. The summed E-state index contributed by atoms with van der Waals surface area (Å²) in [5.41, 5.74) is 0.0889. The van der Waals surface area contributed by atoms with Gasteiger partial charge in [-0.15, -0.1) is 0 Å². The number of furan rings is 1. The van der Waals surface area contributed by atoms with Gasteiger partial charge < -0.3 is 19.7 Å². The second-order valence-corrected chi connectivity index (χ2v) is 6.67. The molecule has 1 aromatic heterocycles. The number of anilines is 1. The van der Waals surface area contributed by atoms with Crippen LogP contribution in [0.25, 0.3) is 0 Å². The maximum atomic E-state index is 10.7. The molecule has 7 heteroatoms. The van der Waals surface area contributed by atoms with Crippen LogP contribution >= 0.6 is 0 Å². The van der Waals surface area contributed by atoms with Crippen molar-refractivity contribution in [2.24, 2.45) is 0 Å². The lowest BCUT2D eigenvalue weighted by Crippen LogP contribution is -2.46. The Morgan fingerprint density at radius 3 is 2.56 bits per heavy atom. The predicted octanol–water partition coefficient (Wildman–Crippen LogP) is 2.65. The first-order valence-corrected chi connectivity index (χ1v) is 8.45. The van der Waals surface area contributed by atoms with Crippen molar-refractivity contribution in [1.82, 2.24) is 5.32 Å². The van der Waals surface area contributed by atoms with E-state index in [1.807, 2.05) is 0 Å². The van der Waals surface area contributed by atoms with Gasteiger partial charge in [-0.3, -0.25) is 10.1 Å². The van der Waals surface area contributed by atoms with Crippen LogP contribution in [0.3, 0.4) is 0 Å². The van der Waals surface area contributed by atoms with Crippen molar-refractivity contribution in [2.45, 2.75) is 31.4 Å². The molecule has 0 bridgehead atoms. The fourth-order valence-corrected chi connectivity index (χ4v) is 3.14. The molecule has 0 saturated carbocycles. The summed E-state index contributed by atoms with van der Waals surface area (Å²) in [5.74, 6) is 0.559. The summed E-state index contributed by atoms with van der Waals surface area (Å²) in [7, 11) is 0. The summed E-state index contributed by atoms with van der Waals surface area (Å²) < 4.78 is 5.29. The average Bonchev–Trinajstić information content (AvgIpc) is 3.16. The van der Waals surface area contributed by atoms with Crippen LogP contribution in [0.15, 0.2) is 47.1 Å². The number of nitro groups is 1. The Bertz CT molecular complexity index is 690. The lowest BCUT2D eigenvalue weighted by molar-refractivity contribution is -0.384. The van der Waals surface area contributed by atoms with Crippen LogP contribution in [-0.2, 0) is 5.60 Å². The van der Waals surface area contributed by atoms with Crippen molar-refractivity contribution < 1.29 is 14.4 Å². The predicted molar refractivity (Wildman–Crippen MR) is 94.6 cm³/mol. The first-order chi connectivity index (χ1) is 12.0. The van der Waals surface area contributed by atoms with Crippen LogP contribution in [-0.4, -0.2) is 35.7 Å². The summed E-state index contributed by atoms with van der Waals surface area (Å²) in [6.07, 6.45) is 3.46. The van der Waals surface area contributed by atoms with E-state index in [0.29, 0.717) is 18.3 Å². The van der Waals surface area contributed by atoms with Crippen molar-refractivity contribution in [3.05, 3.63) is 58.5 Å². The fraction of sp³-hybridized carbons (Fsp3) is 0.444. The molecule has 0 radical (unpaired) electrons. The van der Waals surface area contributed by atoms with E-state index in [1.165, 1.54) is 0 Å². The second-order valence-electron chi connectivity index (χ2n) is 6.67. The molecular weight excluding hydrogens is 322 g/mol. The van der Waals surface area contributed by atoms with Gasteiger partial charge in [0.1, 0.15) is 11.4 Å². The lowest BCUT2D eigenvalue weighted by Gasteiger charge is -2.35. The molecule has 7 nitrogen and oxygen atoms in total. The maximum absolute atomic E-state index is 10.7. The summed E-state index contributed by atoms with van der Waals surface area (Å²) in [4.78, 5) is 12.6. The van der Waals surface area contributed by atoms with Gasteiger partial charge in [0.05, 0.1) is 11.2 Å². The number of benzene rings is 1. The van der Waals surface area contributed by atoms with Crippen LogP contribution in [0.4, 0.5) is 11.4 Å². The molecule has 1 aliphatic heterocycles. The Kier molecular flexibility index (Phi) is 5.06. The van der Waals surface area contributed by atoms with E-state index in [0.717, 1.165) is 31.6 Å². The Labute approximate surface area is 146 Å². The number of hydrogen-bond acceptors (Lipinski definition) is 6. The molecule has 1 aromatic carbocycles. The third kappa shape index (κ3) is 4.18. The van der Waals surface area contributed by atoms with Gasteiger partial charge in [0.25, 0.3) is 5.69 Å². The summed E-state index contributed by atoms with van der Waals surface area (Å²) in [6, 6.07) is 10.6. The summed E-state index contributed by atoms with van der Waals surface area (Å²) in [5, 5.41) is 24.6. The highest BCUT2D eigenvalue weighted by molar-refractivity contribution is 5.51. The molecule has 1 atom stereocenters. The van der Waals surface area contributed by atoms with Gasteiger partial charge in [0.2, 0.25) is 0 Å². The van der Waals surface area contributed by atoms with Crippen molar-refractivity contribution in [2.75, 3.05) is 24.5 Å². The monoisotopic (exact) mass is 345 g/mol. The highest BCUT2D eigenvalue weighted by atomic mass is 16.6. The molecule has 2 aromatic rings. The van der Waals surface area contributed by atoms with Gasteiger partial charge in [-0.2, -0.15) is 0 Å². The minimum Gasteiger partial charge on any atom is -0.466 e. The molecule has 1 aliphatic rings. The molecule has 3 rings (SSSR count). The smallest absolute Gasteiger partial charge is 0.269 e. The quantitative estimate of drug-likeness (QED) is 0.618. The van der Waals surface area contributed by atoms with E-state index in [2.05, 4.69) is 10.2 Å². The Balaban J connectivity index is 1.49. The second kappa shape index (κ2) is 7.25. The van der Waals surface area contributed by atoms with Crippen LogP contribution in [0.2, 0.25) is 0 Å². The molecule has 0 aliphatic carbocycles. The zero-order chi connectivity index (χ0) is 17.9. The number of non-ortho nitro benzene ring substituents is 1. The topological polar surface area (TPSA) is 91.8 Å². The Morgan fingerprint density at radius 1 is 1.32 bits per heavy atom. The minimum atomic E-state index is -1.03. The normalized spacial score (nSPS) is 18.1. The third-order valence-corrected chi connectivity index (χ3v) is 4.71. The molecule has 1 unspecified atom stereocenters. The van der Waals surface area contributed by atoms with Gasteiger partial charge in [0, 0.05) is 43.5 Å². The zero-order valence-corrected chi connectivity index (χ0v) is 14.2. The van der Waals surface area contributed by atoms with Crippen LogP contribution in [0.1, 0.15) is 25.5 Å². The van der Waals surface area contributed by atoms with Crippen LogP contribution in [0, 0.1) is 10.1 Å². The van der Waals surface area contributed by atoms with E-state index in [-0.39, 0.29) is 10.6 Å². The number of hydrogen-bond donors (Lipinski definition) is 2. The summed E-state index contributed by atoms with van der Waals surface area (Å²) >= 11 is 0. The van der Waals surface area contributed by atoms with E-state index in [9.17, 15) is 15.2 Å². The van der Waals surface area contributed by atoms with Crippen molar-refractivity contribution in [1.29, 1.82) is 0 Å². The van der Waals surface area contributed by atoms with Gasteiger partial charge in [0.15, 0.2) is 0 Å². The molecular formula is C18H23N3O4. The number of aliphatic hydroxyl groups is 1. The lowest BCUT2D eigenvalue weighted by atomic mass is 10.00. The van der Waals surface area contributed by atoms with Crippen molar-refractivity contribution in [3.8, 4) is 0 Å². The molecule has 1 saturated heterocycles. The Hall–Kier alpha value is -2.38. The van der Waals surface area contributed by atoms with Gasteiger partial charge in [-0.1, -0.05) is 0 Å². The molecule has 2 N–H and O–H groups in total. The molecule has 134 valence electrons. The zero-order valence-electron chi connectivity index (χ0n) is 14.2. The molecule has 2 heterocycles. The highest BCUT2D eigenvalue weighted by Crippen LogP contribution is 2.24. The van der Waals surface area contributed by atoms with Gasteiger partial charge >= 0.3 is 0 Å². The van der Waals surface area contributed by atoms with Crippen molar-refractivity contribution >= 4 is 11.4 Å². The SMILES string of the molecule is CC(O)(CNC1CCN(c2ccc([N+](=O)[O-])cc2)CC1)c1ccco1. The first-order valence-electron chi connectivity index (χ1n) is 8.45. The number of nitrogens with zero attached hydrogens (tertiary/aromatic N) is 2. The average molecular weight is 345 g/mol. The largest absolute Gasteiger partial charge is 0.466 e. The van der Waals surface area contributed by atoms with Crippen LogP contribution < -0.4 is 10.2 Å². The first kappa shape index (κ1) is 17.4. The standard InChI is InChI=1S/C18H23N3O4/c1-18(22,17-3-2-12-25-17)13-19-14-8-10-20(11-9-14)15-4-6-16(7-5-15)21(23)24/h2-7,12,14,19,22H,8-11,13H2,1H3. The number of rotatable bonds is 6.